The van der Waals surface area contributed by atoms with Crippen molar-refractivity contribution in [2.75, 3.05) is 14.1 Å². The lowest BCUT2D eigenvalue weighted by molar-refractivity contribution is -0.136. The fourth-order valence-corrected chi connectivity index (χ4v) is 3.25. The predicted molar refractivity (Wildman–Crippen MR) is 108 cm³/mol. The molecule has 1 aromatic heterocycles. The molecular formula is C21H23N3O4. The van der Waals surface area contributed by atoms with Crippen LogP contribution in [0.25, 0.3) is 16.6 Å². The van der Waals surface area contributed by atoms with E-state index in [9.17, 15) is 14.4 Å². The van der Waals surface area contributed by atoms with Gasteiger partial charge in [0.25, 0.3) is 5.56 Å². The Balaban J connectivity index is 2.08. The summed E-state index contributed by atoms with van der Waals surface area (Å²) in [7, 11) is 5.57. The van der Waals surface area contributed by atoms with E-state index in [1.807, 2.05) is 31.1 Å². The first-order valence-corrected chi connectivity index (χ1v) is 8.98. The second-order valence-corrected chi connectivity index (χ2v) is 7.13. The monoisotopic (exact) mass is 381 g/mol. The van der Waals surface area contributed by atoms with E-state index in [0.29, 0.717) is 29.6 Å². The second-order valence-electron chi connectivity index (χ2n) is 7.13. The van der Waals surface area contributed by atoms with Crippen LogP contribution in [0.4, 0.5) is 0 Å². The van der Waals surface area contributed by atoms with E-state index in [1.165, 1.54) is 4.57 Å². The van der Waals surface area contributed by atoms with Crippen molar-refractivity contribution in [1.29, 1.82) is 0 Å². The minimum absolute atomic E-state index is 0.0340. The highest BCUT2D eigenvalue weighted by Gasteiger charge is 2.13. The molecule has 0 saturated carbocycles. The Morgan fingerprint density at radius 3 is 2.29 bits per heavy atom. The summed E-state index contributed by atoms with van der Waals surface area (Å²) >= 11 is 0. The normalized spacial score (nSPS) is 11.3. The Labute approximate surface area is 162 Å². The summed E-state index contributed by atoms with van der Waals surface area (Å²) in [4.78, 5) is 38.6. The summed E-state index contributed by atoms with van der Waals surface area (Å²) < 4.78 is 2.63. The zero-order valence-electron chi connectivity index (χ0n) is 16.2. The molecule has 0 atom stereocenters. The molecule has 28 heavy (non-hydrogen) atoms. The van der Waals surface area contributed by atoms with E-state index < -0.39 is 11.7 Å². The summed E-state index contributed by atoms with van der Waals surface area (Å²) in [6.07, 6.45) is 0.432. The number of carboxylic acids is 1. The number of carboxylic acid groups (broad SMARTS) is 1. The van der Waals surface area contributed by atoms with Crippen molar-refractivity contribution in [1.82, 2.24) is 14.0 Å². The topological polar surface area (TPSA) is 84.5 Å². The van der Waals surface area contributed by atoms with E-state index in [1.54, 1.807) is 37.4 Å². The van der Waals surface area contributed by atoms with Crippen LogP contribution in [0.2, 0.25) is 0 Å². The molecule has 146 valence electrons. The fraction of sp³-hybridized carbons (Fsp3) is 0.286. The number of hydrogen-bond donors (Lipinski definition) is 1. The van der Waals surface area contributed by atoms with Gasteiger partial charge in [0, 0.05) is 20.0 Å². The zero-order valence-corrected chi connectivity index (χ0v) is 16.2. The molecule has 7 heteroatoms. The number of aliphatic carboxylic acids is 1. The lowest BCUT2D eigenvalue weighted by Gasteiger charge is -2.14. The number of benzene rings is 2. The first-order chi connectivity index (χ1) is 13.3. The molecule has 1 N–H and O–H groups in total. The molecule has 0 aliphatic carbocycles. The Bertz CT molecular complexity index is 1140. The fourth-order valence-electron chi connectivity index (χ4n) is 3.25. The van der Waals surface area contributed by atoms with Crippen LogP contribution < -0.4 is 11.2 Å². The molecule has 0 fully saturated rings. The molecule has 1 heterocycles. The maximum Gasteiger partial charge on any atom is 0.335 e. The third-order valence-electron chi connectivity index (χ3n) is 4.66. The van der Waals surface area contributed by atoms with Gasteiger partial charge in [-0.15, -0.1) is 0 Å². The Morgan fingerprint density at radius 2 is 1.68 bits per heavy atom. The Morgan fingerprint density at radius 1 is 1.04 bits per heavy atom. The van der Waals surface area contributed by atoms with Gasteiger partial charge in [-0.25, -0.2) is 9.36 Å². The van der Waals surface area contributed by atoms with Gasteiger partial charge in [-0.2, -0.15) is 0 Å². The van der Waals surface area contributed by atoms with Crippen LogP contribution in [-0.4, -0.2) is 39.2 Å². The van der Waals surface area contributed by atoms with E-state index in [0.717, 1.165) is 15.7 Å². The van der Waals surface area contributed by atoms with E-state index >= 15 is 0 Å². The molecule has 0 bridgehead atoms. The van der Waals surface area contributed by atoms with Crippen LogP contribution in [0.1, 0.15) is 17.5 Å². The largest absolute Gasteiger partial charge is 0.481 e. The molecule has 0 aliphatic heterocycles. The number of nitrogens with zero attached hydrogens (tertiary/aromatic N) is 3. The van der Waals surface area contributed by atoms with Crippen LogP contribution >= 0.6 is 0 Å². The average Bonchev–Trinajstić information content (AvgIpc) is 2.65. The Hall–Kier alpha value is -3.19. The third-order valence-corrected chi connectivity index (χ3v) is 4.66. The van der Waals surface area contributed by atoms with Gasteiger partial charge in [0.15, 0.2) is 0 Å². The molecule has 0 radical (unpaired) electrons. The highest BCUT2D eigenvalue weighted by Crippen LogP contribution is 2.14. The first kappa shape index (κ1) is 19.6. The molecule has 0 unspecified atom stereocenters. The number of carbonyl (C=O) groups is 1. The molecule has 0 amide bonds. The van der Waals surface area contributed by atoms with Crippen molar-refractivity contribution >= 4 is 16.9 Å². The van der Waals surface area contributed by atoms with Gasteiger partial charge in [-0.05, 0) is 55.9 Å². The maximum atomic E-state index is 13.0. The summed E-state index contributed by atoms with van der Waals surface area (Å²) in [6, 6.07) is 12.4. The summed E-state index contributed by atoms with van der Waals surface area (Å²) in [5.74, 6) is -0.864. The van der Waals surface area contributed by atoms with Crippen LogP contribution in [0.15, 0.2) is 52.1 Å². The SMILES string of the molecule is CN(C)Cc1ccc2c(=O)n(-c3ccc(CCC(=O)O)cc3)c(=O)n(C)c2c1. The average molecular weight is 381 g/mol. The van der Waals surface area contributed by atoms with Crippen LogP contribution in [0.3, 0.4) is 0 Å². The summed E-state index contributed by atoms with van der Waals surface area (Å²) in [5.41, 5.74) is 2.13. The van der Waals surface area contributed by atoms with Crippen LogP contribution in [-0.2, 0) is 24.8 Å². The molecule has 2 aromatic carbocycles. The lowest BCUT2D eigenvalue weighted by atomic mass is 10.1. The van der Waals surface area contributed by atoms with E-state index in [2.05, 4.69) is 0 Å². The van der Waals surface area contributed by atoms with Crippen molar-refractivity contribution in [2.45, 2.75) is 19.4 Å². The lowest BCUT2D eigenvalue weighted by Crippen LogP contribution is -2.37. The summed E-state index contributed by atoms with van der Waals surface area (Å²) in [6.45, 7) is 0.713. The minimum Gasteiger partial charge on any atom is -0.481 e. The highest BCUT2D eigenvalue weighted by molar-refractivity contribution is 5.79. The van der Waals surface area contributed by atoms with Crippen molar-refractivity contribution in [3.8, 4) is 5.69 Å². The van der Waals surface area contributed by atoms with Crippen molar-refractivity contribution in [3.63, 3.8) is 0 Å². The molecule has 0 saturated heterocycles. The molecular weight excluding hydrogens is 358 g/mol. The quantitative estimate of drug-likeness (QED) is 0.703. The van der Waals surface area contributed by atoms with Gasteiger partial charge >= 0.3 is 11.7 Å². The van der Waals surface area contributed by atoms with Gasteiger partial charge in [0.1, 0.15) is 0 Å². The molecule has 3 aromatic rings. The van der Waals surface area contributed by atoms with Gasteiger partial charge in [-0.1, -0.05) is 18.2 Å². The minimum atomic E-state index is -0.864. The standard InChI is InChI=1S/C21H23N3O4/c1-22(2)13-15-6-10-17-18(12-15)23(3)21(28)24(20(17)27)16-8-4-14(5-9-16)7-11-19(25)26/h4-6,8-10,12H,7,11,13H2,1-3H3,(H,25,26). The number of aryl methyl sites for hydroxylation is 2. The van der Waals surface area contributed by atoms with Crippen molar-refractivity contribution < 1.29 is 9.90 Å². The van der Waals surface area contributed by atoms with E-state index in [4.69, 9.17) is 5.11 Å². The smallest absolute Gasteiger partial charge is 0.335 e. The first-order valence-electron chi connectivity index (χ1n) is 8.98. The summed E-state index contributed by atoms with van der Waals surface area (Å²) in [5, 5.41) is 9.26. The third kappa shape index (κ3) is 3.89. The molecule has 7 nitrogen and oxygen atoms in total. The molecule has 0 spiro atoms. The number of fused-ring (bicyclic) bond motifs is 1. The second kappa shape index (κ2) is 7.82. The van der Waals surface area contributed by atoms with E-state index in [-0.39, 0.29) is 12.0 Å². The molecule has 0 aliphatic rings. The van der Waals surface area contributed by atoms with Gasteiger partial charge < -0.3 is 10.0 Å². The zero-order chi connectivity index (χ0) is 20.4. The van der Waals surface area contributed by atoms with Crippen molar-refractivity contribution in [3.05, 3.63) is 74.4 Å². The number of aromatic nitrogens is 2. The highest BCUT2D eigenvalue weighted by atomic mass is 16.4. The van der Waals surface area contributed by atoms with Crippen molar-refractivity contribution in [2.24, 2.45) is 7.05 Å². The molecule has 3 rings (SSSR count). The Kier molecular flexibility index (Phi) is 5.46. The maximum absolute atomic E-state index is 13.0. The predicted octanol–water partition coefficient (Wildman–Crippen LogP) is 1.77. The number of hydrogen-bond acceptors (Lipinski definition) is 4. The van der Waals surface area contributed by atoms with Gasteiger partial charge in [-0.3, -0.25) is 14.2 Å². The van der Waals surface area contributed by atoms with Gasteiger partial charge in [0.05, 0.1) is 16.6 Å². The van der Waals surface area contributed by atoms with Crippen LogP contribution in [0, 0.1) is 0 Å². The number of rotatable bonds is 6. The van der Waals surface area contributed by atoms with Crippen LogP contribution in [0.5, 0.6) is 0 Å². The van der Waals surface area contributed by atoms with Gasteiger partial charge in [0.2, 0.25) is 0 Å².